The summed E-state index contributed by atoms with van der Waals surface area (Å²) < 4.78 is 28.6. The van der Waals surface area contributed by atoms with Crippen molar-refractivity contribution in [3.05, 3.63) is 22.4 Å². The zero-order chi connectivity index (χ0) is 21.1. The highest BCUT2D eigenvalue weighted by molar-refractivity contribution is 9.10. The van der Waals surface area contributed by atoms with Crippen LogP contribution in [-0.4, -0.2) is 46.0 Å². The molecule has 2 rings (SSSR count). The van der Waals surface area contributed by atoms with Crippen LogP contribution >= 0.6 is 15.9 Å². The molecule has 1 saturated carbocycles. The van der Waals surface area contributed by atoms with E-state index in [0.717, 1.165) is 25.7 Å². The number of carbonyl (C=O) groups excluding carboxylic acids is 1. The van der Waals surface area contributed by atoms with Gasteiger partial charge in [0.25, 0.3) is 5.91 Å². The summed E-state index contributed by atoms with van der Waals surface area (Å²) in [6.07, 6.45) is 3.02. The number of aliphatic hydroxyl groups is 1. The van der Waals surface area contributed by atoms with Crippen molar-refractivity contribution in [2.45, 2.75) is 76.9 Å². The summed E-state index contributed by atoms with van der Waals surface area (Å²) in [5, 5.41) is 15.5. The van der Waals surface area contributed by atoms with Crippen LogP contribution in [0.25, 0.3) is 0 Å². The molecule has 1 aromatic heterocycles. The number of halogens is 3. The van der Waals surface area contributed by atoms with E-state index in [0.29, 0.717) is 15.9 Å². The fourth-order valence-corrected chi connectivity index (χ4v) is 3.73. The molecule has 0 radical (unpaired) electrons. The van der Waals surface area contributed by atoms with Crippen molar-refractivity contribution in [1.29, 1.82) is 0 Å². The first-order chi connectivity index (χ1) is 12.9. The highest BCUT2D eigenvalue weighted by Crippen LogP contribution is 2.36. The van der Waals surface area contributed by atoms with Crippen LogP contribution in [0.3, 0.4) is 0 Å². The van der Waals surface area contributed by atoms with Crippen LogP contribution < -0.4 is 10.6 Å². The van der Waals surface area contributed by atoms with Crippen molar-refractivity contribution in [1.82, 2.24) is 10.3 Å². The van der Waals surface area contributed by atoms with Gasteiger partial charge in [-0.25, -0.2) is 13.8 Å². The Morgan fingerprint density at radius 2 is 1.93 bits per heavy atom. The lowest BCUT2D eigenvalue weighted by molar-refractivity contribution is -0.00177. The first kappa shape index (κ1) is 23.0. The quantitative estimate of drug-likeness (QED) is 0.526. The van der Waals surface area contributed by atoms with Gasteiger partial charge >= 0.3 is 0 Å². The molecule has 1 aromatic rings. The number of carbonyl (C=O) groups is 1. The van der Waals surface area contributed by atoms with E-state index in [4.69, 9.17) is 0 Å². The summed E-state index contributed by atoms with van der Waals surface area (Å²) in [5.74, 6) is -0.422. The van der Waals surface area contributed by atoms with Gasteiger partial charge in [0.15, 0.2) is 0 Å². The standard InChI is InChI=1S/C20H30BrF2N3O2/c1-19(2,23)12-5-7-13(8-6-12)26-15-9-17(21)24-10-14(15)18(27)25-11-16(22)20(3,4)28/h9-10,12-13,16,28H,5-8,11H2,1-4H3,(H,24,26)(H,25,27)/t12?,13?,16-/m1/s1. The normalized spacial score (nSPS) is 21.9. The van der Waals surface area contributed by atoms with Crippen molar-refractivity contribution in [2.75, 3.05) is 11.9 Å². The van der Waals surface area contributed by atoms with Gasteiger partial charge in [-0.05, 0) is 81.3 Å². The topological polar surface area (TPSA) is 74.2 Å². The fourth-order valence-electron chi connectivity index (χ4n) is 3.40. The highest BCUT2D eigenvalue weighted by Gasteiger charge is 2.33. The highest BCUT2D eigenvalue weighted by atomic mass is 79.9. The maximum Gasteiger partial charge on any atom is 0.255 e. The Labute approximate surface area is 173 Å². The van der Waals surface area contributed by atoms with E-state index in [1.54, 1.807) is 19.9 Å². The molecule has 8 heteroatoms. The number of rotatable bonds is 7. The average molecular weight is 462 g/mol. The number of hydrogen-bond acceptors (Lipinski definition) is 4. The molecule has 1 amide bonds. The van der Waals surface area contributed by atoms with Crippen molar-refractivity contribution in [3.63, 3.8) is 0 Å². The molecule has 3 N–H and O–H groups in total. The Bertz CT molecular complexity index is 681. The summed E-state index contributed by atoms with van der Waals surface area (Å²) in [6.45, 7) is 5.66. The molecule has 1 aliphatic rings. The van der Waals surface area contributed by atoms with Crippen LogP contribution in [0.2, 0.25) is 0 Å². The lowest BCUT2D eigenvalue weighted by Gasteiger charge is -2.35. The largest absolute Gasteiger partial charge is 0.387 e. The molecule has 0 bridgehead atoms. The molecule has 5 nitrogen and oxygen atoms in total. The molecule has 28 heavy (non-hydrogen) atoms. The molecular formula is C20H30BrF2N3O2. The number of aromatic nitrogens is 1. The van der Waals surface area contributed by atoms with E-state index >= 15 is 0 Å². The fraction of sp³-hybridized carbons (Fsp3) is 0.700. The zero-order valence-corrected chi connectivity index (χ0v) is 18.4. The van der Waals surface area contributed by atoms with Gasteiger partial charge in [-0.3, -0.25) is 4.79 Å². The van der Waals surface area contributed by atoms with Crippen LogP contribution in [0.4, 0.5) is 14.5 Å². The van der Waals surface area contributed by atoms with E-state index in [1.807, 2.05) is 0 Å². The second-order valence-corrected chi connectivity index (χ2v) is 9.45. The minimum absolute atomic E-state index is 0.0424. The van der Waals surface area contributed by atoms with Crippen LogP contribution in [-0.2, 0) is 0 Å². The Balaban J connectivity index is 2.03. The average Bonchev–Trinajstić information content (AvgIpc) is 2.58. The first-order valence-electron chi connectivity index (χ1n) is 9.63. The Morgan fingerprint density at radius 1 is 1.32 bits per heavy atom. The molecule has 0 saturated heterocycles. The summed E-state index contributed by atoms with van der Waals surface area (Å²) in [7, 11) is 0. The molecule has 1 heterocycles. The van der Waals surface area contributed by atoms with Crippen molar-refractivity contribution < 1.29 is 18.7 Å². The second-order valence-electron chi connectivity index (χ2n) is 8.64. The molecule has 0 spiro atoms. The maximum atomic E-state index is 14.1. The SMILES string of the molecule is CC(C)(F)C1CCC(Nc2cc(Br)ncc2C(=O)NC[C@@H](F)C(C)(C)O)CC1. The van der Waals surface area contributed by atoms with Gasteiger partial charge < -0.3 is 15.7 Å². The number of nitrogens with zero attached hydrogens (tertiary/aromatic N) is 1. The Morgan fingerprint density at radius 3 is 2.46 bits per heavy atom. The molecule has 158 valence electrons. The zero-order valence-electron chi connectivity index (χ0n) is 16.9. The van der Waals surface area contributed by atoms with Crippen LogP contribution in [0.1, 0.15) is 63.7 Å². The molecule has 0 aromatic carbocycles. The van der Waals surface area contributed by atoms with Crippen molar-refractivity contribution in [3.8, 4) is 0 Å². The molecule has 1 aliphatic carbocycles. The van der Waals surface area contributed by atoms with Gasteiger partial charge in [0.1, 0.15) is 16.4 Å². The third-order valence-electron chi connectivity index (χ3n) is 5.38. The Hall–Kier alpha value is -1.28. The number of hydrogen-bond donors (Lipinski definition) is 3. The number of nitrogens with one attached hydrogen (secondary N) is 2. The minimum Gasteiger partial charge on any atom is -0.387 e. The lowest BCUT2D eigenvalue weighted by atomic mass is 9.78. The van der Waals surface area contributed by atoms with E-state index in [9.17, 15) is 18.7 Å². The molecule has 1 atom stereocenters. The third-order valence-corrected chi connectivity index (χ3v) is 5.81. The molecule has 1 fully saturated rings. The van der Waals surface area contributed by atoms with Crippen LogP contribution in [0.15, 0.2) is 16.9 Å². The lowest BCUT2D eigenvalue weighted by Crippen LogP contribution is -2.42. The van der Waals surface area contributed by atoms with Gasteiger partial charge in [0.2, 0.25) is 0 Å². The summed E-state index contributed by atoms with van der Waals surface area (Å²) in [6, 6.07) is 1.84. The van der Waals surface area contributed by atoms with Crippen LogP contribution in [0.5, 0.6) is 0 Å². The van der Waals surface area contributed by atoms with Gasteiger partial charge in [0.05, 0.1) is 23.4 Å². The number of anilines is 1. The monoisotopic (exact) mass is 461 g/mol. The summed E-state index contributed by atoms with van der Waals surface area (Å²) in [5.41, 5.74) is -1.81. The predicted octanol–water partition coefficient (Wildman–Crippen LogP) is 4.40. The van der Waals surface area contributed by atoms with E-state index in [-0.39, 0.29) is 18.5 Å². The van der Waals surface area contributed by atoms with Crippen LogP contribution in [0, 0.1) is 5.92 Å². The van der Waals surface area contributed by atoms with Crippen molar-refractivity contribution in [2.24, 2.45) is 5.92 Å². The van der Waals surface area contributed by atoms with Gasteiger partial charge in [-0.2, -0.15) is 0 Å². The van der Waals surface area contributed by atoms with Gasteiger partial charge in [-0.15, -0.1) is 0 Å². The maximum absolute atomic E-state index is 14.1. The summed E-state index contributed by atoms with van der Waals surface area (Å²) >= 11 is 3.31. The van der Waals surface area contributed by atoms with Crippen molar-refractivity contribution >= 4 is 27.5 Å². The third kappa shape index (κ3) is 6.37. The smallest absolute Gasteiger partial charge is 0.255 e. The minimum atomic E-state index is -1.59. The van der Waals surface area contributed by atoms with E-state index in [2.05, 4.69) is 31.5 Å². The number of amides is 1. The summed E-state index contributed by atoms with van der Waals surface area (Å²) in [4.78, 5) is 16.6. The van der Waals surface area contributed by atoms with E-state index in [1.165, 1.54) is 20.0 Å². The van der Waals surface area contributed by atoms with Gasteiger partial charge in [0, 0.05) is 12.2 Å². The van der Waals surface area contributed by atoms with E-state index < -0.39 is 23.3 Å². The number of alkyl halides is 2. The predicted molar refractivity (Wildman–Crippen MR) is 110 cm³/mol. The van der Waals surface area contributed by atoms with Gasteiger partial charge in [-0.1, -0.05) is 0 Å². The first-order valence-corrected chi connectivity index (χ1v) is 10.4. The Kier molecular flexibility index (Phi) is 7.42. The number of pyridine rings is 1. The molecular weight excluding hydrogens is 432 g/mol. The molecule has 0 aliphatic heterocycles. The molecule has 0 unspecified atom stereocenters. The second kappa shape index (κ2) is 9.03.